The van der Waals surface area contributed by atoms with Gasteiger partial charge in [-0.3, -0.25) is 4.57 Å². The van der Waals surface area contributed by atoms with Crippen molar-refractivity contribution in [2.45, 2.75) is 24.5 Å². The fourth-order valence-electron chi connectivity index (χ4n) is 2.30. The molecule has 1 aliphatic heterocycles. The van der Waals surface area contributed by atoms with Crippen molar-refractivity contribution in [3.63, 3.8) is 0 Å². The van der Waals surface area contributed by atoms with E-state index in [0.29, 0.717) is 11.2 Å². The van der Waals surface area contributed by atoms with Gasteiger partial charge >= 0.3 is 15.6 Å². The highest BCUT2D eigenvalue weighted by Crippen LogP contribution is 2.53. The maximum Gasteiger partial charge on any atom is 0.478 e. The van der Waals surface area contributed by atoms with Crippen LogP contribution in [0, 0.1) is 0 Å². The van der Waals surface area contributed by atoms with Gasteiger partial charge in [0.2, 0.25) is 0 Å². The molecule has 1 aliphatic rings. The van der Waals surface area contributed by atoms with Crippen molar-refractivity contribution in [3.8, 4) is 0 Å². The van der Waals surface area contributed by atoms with Gasteiger partial charge in [-0.15, -0.1) is 0 Å². The van der Waals surface area contributed by atoms with Crippen LogP contribution in [0.2, 0.25) is 0 Å². The zero-order valence-electron chi connectivity index (χ0n) is 13.7. The fourth-order valence-corrected chi connectivity index (χ4v) is 3.41. The number of hydrogen-bond acceptors (Lipinski definition) is 11. The number of nitrogen functional groups attached to an aromatic ring is 1. The number of rotatable bonds is 4. The maximum atomic E-state index is 9.95. The first-order valence-electron chi connectivity index (χ1n) is 7.22. The first-order valence-corrected chi connectivity index (χ1v) is 10.3. The van der Waals surface area contributed by atoms with Crippen LogP contribution in [0.4, 0.5) is 5.82 Å². The molecule has 0 unspecified atom stereocenters. The Balaban J connectivity index is 0.000000266. The molecule has 0 aromatic carbocycles. The van der Waals surface area contributed by atoms with Gasteiger partial charge in [0.25, 0.3) is 0 Å². The summed E-state index contributed by atoms with van der Waals surface area (Å²) in [6.45, 7) is -0.390. The lowest BCUT2D eigenvalue weighted by atomic mass is 10.1. The van der Waals surface area contributed by atoms with E-state index >= 15 is 0 Å². The molecule has 0 radical (unpaired) electrons. The van der Waals surface area contributed by atoms with Crippen molar-refractivity contribution in [1.29, 1.82) is 0 Å². The molecular formula is C10H17N5O11P2. The molecule has 4 atom stereocenters. The summed E-state index contributed by atoms with van der Waals surface area (Å²) in [5.74, 6) is 0.218. The Morgan fingerprint density at radius 3 is 2.18 bits per heavy atom. The molecule has 3 rings (SSSR count). The molecule has 3 heterocycles. The minimum absolute atomic E-state index is 0.218. The quantitative estimate of drug-likeness (QED) is 0.221. The number of nitrogens with two attached hydrogens (primary N) is 1. The number of aromatic nitrogens is 4. The summed E-state index contributed by atoms with van der Waals surface area (Å²) in [5, 5.41) is 28.7. The second-order valence-corrected chi connectivity index (χ2v) is 7.99. The Labute approximate surface area is 155 Å². The summed E-state index contributed by atoms with van der Waals surface area (Å²) in [7, 11) is -10.1. The molecule has 9 N–H and O–H groups in total. The summed E-state index contributed by atoms with van der Waals surface area (Å²) in [4.78, 5) is 42.9. The van der Waals surface area contributed by atoms with E-state index in [-0.39, 0.29) is 5.82 Å². The van der Waals surface area contributed by atoms with Gasteiger partial charge in [-0.05, 0) is 0 Å². The third-order valence-corrected chi connectivity index (χ3v) is 5.09. The summed E-state index contributed by atoms with van der Waals surface area (Å²) < 4.78 is 29.1. The number of aliphatic hydroxyl groups is 3. The van der Waals surface area contributed by atoms with Crippen LogP contribution in [0.25, 0.3) is 11.2 Å². The predicted octanol–water partition coefficient (Wildman–Crippen LogP) is -2.79. The summed E-state index contributed by atoms with van der Waals surface area (Å²) in [5.41, 5.74) is 6.44. The van der Waals surface area contributed by atoms with Crippen LogP contribution < -0.4 is 5.73 Å². The molecule has 158 valence electrons. The second-order valence-electron chi connectivity index (χ2n) is 5.37. The minimum atomic E-state index is -5.05. The van der Waals surface area contributed by atoms with E-state index in [9.17, 15) is 19.3 Å². The van der Waals surface area contributed by atoms with Gasteiger partial charge in [-0.1, -0.05) is 0 Å². The molecule has 1 saturated heterocycles. The van der Waals surface area contributed by atoms with Gasteiger partial charge in [-0.25, -0.2) is 24.1 Å². The molecular weight excluding hydrogens is 428 g/mol. The molecule has 0 amide bonds. The molecule has 1 fully saturated rings. The number of imidazole rings is 1. The Hall–Kier alpha value is -1.55. The van der Waals surface area contributed by atoms with Gasteiger partial charge in [-0.2, -0.15) is 4.31 Å². The van der Waals surface area contributed by atoms with Crippen molar-refractivity contribution in [2.75, 3.05) is 12.3 Å². The minimum Gasteiger partial charge on any atom is -0.394 e. The molecule has 0 aliphatic carbocycles. The molecule has 28 heavy (non-hydrogen) atoms. The van der Waals surface area contributed by atoms with E-state index in [2.05, 4.69) is 19.3 Å². The van der Waals surface area contributed by atoms with E-state index in [1.807, 2.05) is 0 Å². The Bertz CT molecular complexity index is 892. The van der Waals surface area contributed by atoms with Gasteiger partial charge in [0, 0.05) is 0 Å². The van der Waals surface area contributed by atoms with Crippen molar-refractivity contribution < 1.29 is 53.1 Å². The van der Waals surface area contributed by atoms with Crippen LogP contribution in [0.5, 0.6) is 0 Å². The Kier molecular flexibility index (Phi) is 6.86. The lowest BCUT2D eigenvalue weighted by molar-refractivity contribution is -0.0511. The van der Waals surface area contributed by atoms with Crippen LogP contribution in [0.15, 0.2) is 12.7 Å². The first kappa shape index (κ1) is 22.7. The fraction of sp³-hybridized carbons (Fsp3) is 0.500. The molecule has 18 heteroatoms. The zero-order chi connectivity index (χ0) is 21.3. The van der Waals surface area contributed by atoms with E-state index < -0.39 is 46.8 Å². The molecule has 2 aromatic rings. The predicted molar refractivity (Wildman–Crippen MR) is 87.9 cm³/mol. The third-order valence-electron chi connectivity index (χ3n) is 3.39. The maximum absolute atomic E-state index is 9.95. The number of phosphoric acid groups is 2. The van der Waals surface area contributed by atoms with Crippen molar-refractivity contribution >= 4 is 32.6 Å². The van der Waals surface area contributed by atoms with Crippen LogP contribution in [0.1, 0.15) is 6.23 Å². The van der Waals surface area contributed by atoms with Crippen LogP contribution in [-0.4, -0.2) is 79.3 Å². The van der Waals surface area contributed by atoms with E-state index in [4.69, 9.17) is 35.2 Å². The molecule has 0 spiro atoms. The highest BCUT2D eigenvalue weighted by Gasteiger charge is 2.43. The largest absolute Gasteiger partial charge is 0.478 e. The standard InChI is InChI=1S/C10H13N5O4.H4O7P2/c11-8-5-9(13-2-12-8)15(3-14-5)10-7(18)6(17)4(1-16)19-10;1-8(2,3)7-9(4,5)6/h2-4,6-7,10,16-18H,1H2,(H2,11,12,13);(H2,1,2,3)(H2,4,5,6)/t4-,6-,7-,10-;/m1./s1. The molecule has 0 bridgehead atoms. The second kappa shape index (κ2) is 8.44. The highest BCUT2D eigenvalue weighted by atomic mass is 31.3. The topological polar surface area (TPSA) is 264 Å². The molecule has 0 saturated carbocycles. The lowest BCUT2D eigenvalue weighted by Gasteiger charge is -2.16. The average molecular weight is 445 g/mol. The number of hydrogen-bond donors (Lipinski definition) is 8. The highest BCUT2D eigenvalue weighted by molar-refractivity contribution is 7.60. The van der Waals surface area contributed by atoms with Crippen molar-refractivity contribution in [1.82, 2.24) is 19.5 Å². The summed E-state index contributed by atoms with van der Waals surface area (Å²) >= 11 is 0. The normalized spacial score (nSPS) is 25.5. The van der Waals surface area contributed by atoms with E-state index in [1.165, 1.54) is 17.2 Å². The van der Waals surface area contributed by atoms with Gasteiger partial charge < -0.3 is 45.4 Å². The zero-order valence-corrected chi connectivity index (χ0v) is 15.5. The molecule has 16 nitrogen and oxygen atoms in total. The smallest absolute Gasteiger partial charge is 0.394 e. The summed E-state index contributed by atoms with van der Waals surface area (Å²) in [6, 6.07) is 0. The van der Waals surface area contributed by atoms with Crippen molar-refractivity contribution in [3.05, 3.63) is 12.7 Å². The third kappa shape index (κ3) is 5.50. The SMILES string of the molecule is Nc1ncnc2c1ncn2[C@@H]1O[C@H](CO)[C@@H](O)[C@H]1O.O=P(O)(O)OP(=O)(O)O. The van der Waals surface area contributed by atoms with Crippen LogP contribution >= 0.6 is 15.6 Å². The number of aliphatic hydroxyl groups excluding tert-OH is 3. The van der Waals surface area contributed by atoms with E-state index in [1.54, 1.807) is 0 Å². The van der Waals surface area contributed by atoms with Crippen LogP contribution in [-0.2, 0) is 18.2 Å². The Morgan fingerprint density at radius 2 is 1.71 bits per heavy atom. The number of fused-ring (bicyclic) bond motifs is 1. The summed E-state index contributed by atoms with van der Waals surface area (Å²) in [6.07, 6.45) is -1.42. The average Bonchev–Trinajstić information content (AvgIpc) is 3.08. The lowest BCUT2D eigenvalue weighted by Crippen LogP contribution is -2.33. The van der Waals surface area contributed by atoms with Gasteiger partial charge in [0.15, 0.2) is 17.7 Å². The monoisotopic (exact) mass is 445 g/mol. The van der Waals surface area contributed by atoms with Crippen LogP contribution in [0.3, 0.4) is 0 Å². The van der Waals surface area contributed by atoms with E-state index in [0.717, 1.165) is 0 Å². The van der Waals surface area contributed by atoms with Crippen molar-refractivity contribution in [2.24, 2.45) is 0 Å². The Morgan fingerprint density at radius 1 is 1.11 bits per heavy atom. The number of nitrogens with zero attached hydrogens (tertiary/aromatic N) is 4. The first-order chi connectivity index (χ1) is 12.8. The number of anilines is 1. The number of ether oxygens (including phenoxy) is 1. The van der Waals surface area contributed by atoms with Gasteiger partial charge in [0.1, 0.15) is 30.2 Å². The molecule has 2 aromatic heterocycles. The van der Waals surface area contributed by atoms with Gasteiger partial charge in [0.05, 0.1) is 12.9 Å².